The Morgan fingerprint density at radius 3 is 2.78 bits per heavy atom. The van der Waals surface area contributed by atoms with E-state index in [1.165, 1.54) is 0 Å². The zero-order chi connectivity index (χ0) is 6.69. The van der Waals surface area contributed by atoms with Gasteiger partial charge in [0.15, 0.2) is 0 Å². The Morgan fingerprint density at radius 1 is 1.56 bits per heavy atom. The molecule has 1 aliphatic rings. The molecule has 0 saturated heterocycles. The topological polar surface area (TPSA) is 35.2 Å². The van der Waals surface area contributed by atoms with Crippen molar-refractivity contribution in [3.8, 4) is 0 Å². The highest BCUT2D eigenvalue weighted by Gasteiger charge is 2.01. The molecule has 0 aromatic heterocycles. The van der Waals surface area contributed by atoms with Crippen LogP contribution in [0.1, 0.15) is 6.42 Å². The van der Waals surface area contributed by atoms with Crippen LogP contribution < -0.4 is 5.73 Å². The first-order valence-corrected chi connectivity index (χ1v) is 2.86. The van der Waals surface area contributed by atoms with Gasteiger partial charge in [0.2, 0.25) is 0 Å². The minimum Gasteiger partial charge on any atom is -0.501 e. The predicted molar refractivity (Wildman–Crippen MR) is 36.3 cm³/mol. The molecule has 0 fully saturated rings. The second kappa shape index (κ2) is 2.58. The van der Waals surface area contributed by atoms with Gasteiger partial charge in [-0.1, -0.05) is 0 Å². The molecule has 0 atom stereocenters. The molecule has 1 aliphatic carbocycles. The largest absolute Gasteiger partial charge is 0.501 e. The standard InChI is InChI=1S/C7H10NO/c1-9-7-4-2-6(8)3-5-7/h2-4H,5,8H2,1H3. The summed E-state index contributed by atoms with van der Waals surface area (Å²) in [7, 11) is 1.66. The van der Waals surface area contributed by atoms with E-state index in [9.17, 15) is 0 Å². The fourth-order valence-corrected chi connectivity index (χ4v) is 0.695. The van der Waals surface area contributed by atoms with E-state index in [0.29, 0.717) is 0 Å². The maximum atomic E-state index is 5.46. The number of allylic oxidation sites excluding steroid dienone is 4. The van der Waals surface area contributed by atoms with Gasteiger partial charge in [-0.15, -0.1) is 0 Å². The van der Waals surface area contributed by atoms with E-state index >= 15 is 0 Å². The summed E-state index contributed by atoms with van der Waals surface area (Å²) in [6.07, 6.45) is 6.47. The molecule has 0 aromatic carbocycles. The summed E-state index contributed by atoms with van der Waals surface area (Å²) < 4.78 is 4.97. The lowest BCUT2D eigenvalue weighted by atomic mass is 10.1. The van der Waals surface area contributed by atoms with E-state index in [2.05, 4.69) is 0 Å². The van der Waals surface area contributed by atoms with Gasteiger partial charge in [-0.3, -0.25) is 0 Å². The molecule has 1 radical (unpaired) electrons. The van der Waals surface area contributed by atoms with Crippen molar-refractivity contribution in [2.24, 2.45) is 5.73 Å². The van der Waals surface area contributed by atoms with Crippen molar-refractivity contribution in [2.75, 3.05) is 7.11 Å². The molecule has 1 rings (SSSR count). The van der Waals surface area contributed by atoms with Gasteiger partial charge in [-0.05, 0) is 12.2 Å². The van der Waals surface area contributed by atoms with Crippen molar-refractivity contribution in [1.29, 1.82) is 0 Å². The number of methoxy groups -OCH3 is 1. The Balaban J connectivity index is 2.59. The van der Waals surface area contributed by atoms with E-state index in [4.69, 9.17) is 10.5 Å². The van der Waals surface area contributed by atoms with Crippen molar-refractivity contribution >= 4 is 0 Å². The zero-order valence-corrected chi connectivity index (χ0v) is 5.42. The summed E-state index contributed by atoms with van der Waals surface area (Å²) in [4.78, 5) is 0. The Hall–Kier alpha value is -0.920. The smallest absolute Gasteiger partial charge is 0.0962 e. The van der Waals surface area contributed by atoms with Crippen LogP contribution in [0.3, 0.4) is 0 Å². The van der Waals surface area contributed by atoms with E-state index in [0.717, 1.165) is 17.9 Å². The first kappa shape index (κ1) is 6.20. The van der Waals surface area contributed by atoms with Crippen molar-refractivity contribution in [1.82, 2.24) is 0 Å². The number of hydrogen-bond acceptors (Lipinski definition) is 2. The van der Waals surface area contributed by atoms with Crippen LogP contribution in [0, 0.1) is 6.42 Å². The van der Waals surface area contributed by atoms with Crippen LogP contribution in [-0.2, 0) is 4.74 Å². The SMILES string of the molecule is COC1=CC=C(N)[CH]C1. The average molecular weight is 124 g/mol. The molecule has 0 bridgehead atoms. The second-order valence-electron chi connectivity index (χ2n) is 1.91. The van der Waals surface area contributed by atoms with Gasteiger partial charge in [0.1, 0.15) is 0 Å². The third-order valence-electron chi connectivity index (χ3n) is 1.26. The highest BCUT2D eigenvalue weighted by atomic mass is 16.5. The number of rotatable bonds is 1. The number of hydrogen-bond donors (Lipinski definition) is 1. The molecule has 2 N–H and O–H groups in total. The Bertz CT molecular complexity index is 158. The molecule has 0 amide bonds. The molecule has 0 aromatic rings. The lowest BCUT2D eigenvalue weighted by Gasteiger charge is -2.08. The maximum absolute atomic E-state index is 5.46. The fraction of sp³-hybridized carbons (Fsp3) is 0.286. The van der Waals surface area contributed by atoms with Crippen molar-refractivity contribution in [3.05, 3.63) is 30.0 Å². The summed E-state index contributed by atoms with van der Waals surface area (Å²) in [6.45, 7) is 0. The Kier molecular flexibility index (Phi) is 1.78. The molecule has 0 unspecified atom stereocenters. The van der Waals surface area contributed by atoms with Gasteiger partial charge in [0, 0.05) is 18.5 Å². The summed E-state index contributed by atoms with van der Waals surface area (Å²) in [5.41, 5.74) is 6.27. The van der Waals surface area contributed by atoms with E-state index < -0.39 is 0 Å². The quantitative estimate of drug-likeness (QED) is 0.565. The summed E-state index contributed by atoms with van der Waals surface area (Å²) in [5.74, 6) is 0.962. The molecular weight excluding hydrogens is 114 g/mol. The normalized spacial score (nSPS) is 18.3. The zero-order valence-electron chi connectivity index (χ0n) is 5.42. The van der Waals surface area contributed by atoms with Gasteiger partial charge in [-0.2, -0.15) is 0 Å². The maximum Gasteiger partial charge on any atom is 0.0962 e. The van der Waals surface area contributed by atoms with Gasteiger partial charge < -0.3 is 10.5 Å². The van der Waals surface area contributed by atoms with Crippen molar-refractivity contribution in [2.45, 2.75) is 6.42 Å². The monoisotopic (exact) mass is 124 g/mol. The van der Waals surface area contributed by atoms with Crippen LogP contribution in [0.15, 0.2) is 23.6 Å². The van der Waals surface area contributed by atoms with Gasteiger partial charge in [-0.25, -0.2) is 0 Å². The lowest BCUT2D eigenvalue weighted by Crippen LogP contribution is -2.02. The molecule has 49 valence electrons. The second-order valence-corrected chi connectivity index (χ2v) is 1.91. The average Bonchev–Trinajstić information content (AvgIpc) is 1.90. The van der Waals surface area contributed by atoms with Crippen LogP contribution in [0.25, 0.3) is 0 Å². The summed E-state index contributed by atoms with van der Waals surface area (Å²) >= 11 is 0. The molecule has 9 heavy (non-hydrogen) atoms. The Morgan fingerprint density at radius 2 is 2.33 bits per heavy atom. The molecule has 2 heteroatoms. The van der Waals surface area contributed by atoms with Crippen LogP contribution in [0.5, 0.6) is 0 Å². The fourth-order valence-electron chi connectivity index (χ4n) is 0.695. The highest BCUT2D eigenvalue weighted by Crippen LogP contribution is 2.13. The van der Waals surface area contributed by atoms with Crippen LogP contribution in [-0.4, -0.2) is 7.11 Å². The van der Waals surface area contributed by atoms with E-state index in [-0.39, 0.29) is 0 Å². The first-order valence-electron chi connectivity index (χ1n) is 2.86. The van der Waals surface area contributed by atoms with Crippen LogP contribution in [0.4, 0.5) is 0 Å². The minimum absolute atomic E-state index is 0.816. The van der Waals surface area contributed by atoms with Crippen molar-refractivity contribution in [3.63, 3.8) is 0 Å². The molecule has 0 heterocycles. The summed E-state index contributed by atoms with van der Waals surface area (Å²) in [6, 6.07) is 0. The molecule has 0 spiro atoms. The molecular formula is C7H10NO. The summed E-state index contributed by atoms with van der Waals surface area (Å²) in [5, 5.41) is 0. The third kappa shape index (κ3) is 1.49. The van der Waals surface area contributed by atoms with Crippen LogP contribution >= 0.6 is 0 Å². The number of nitrogens with two attached hydrogens (primary N) is 1. The predicted octanol–water partition coefficient (Wildman–Crippen LogP) is 0.967. The highest BCUT2D eigenvalue weighted by molar-refractivity contribution is 5.26. The third-order valence-corrected chi connectivity index (χ3v) is 1.26. The van der Waals surface area contributed by atoms with Gasteiger partial charge in [0.05, 0.1) is 12.9 Å². The van der Waals surface area contributed by atoms with Gasteiger partial charge >= 0.3 is 0 Å². The van der Waals surface area contributed by atoms with E-state index in [1.807, 2.05) is 18.6 Å². The lowest BCUT2D eigenvalue weighted by molar-refractivity contribution is 0.282. The molecule has 2 nitrogen and oxygen atoms in total. The number of ether oxygens (including phenoxy) is 1. The van der Waals surface area contributed by atoms with Crippen molar-refractivity contribution < 1.29 is 4.74 Å². The molecule has 0 saturated carbocycles. The minimum atomic E-state index is 0.816. The first-order chi connectivity index (χ1) is 4.33. The van der Waals surface area contributed by atoms with Gasteiger partial charge in [0.25, 0.3) is 0 Å². The molecule has 0 aliphatic heterocycles. The Labute approximate surface area is 55.0 Å². The van der Waals surface area contributed by atoms with E-state index in [1.54, 1.807) is 7.11 Å². The van der Waals surface area contributed by atoms with Crippen LogP contribution in [0.2, 0.25) is 0 Å².